The van der Waals surface area contributed by atoms with Crippen LogP contribution in [-0.2, 0) is 11.3 Å². The smallest absolute Gasteiger partial charge is 0.231 e. The number of amides is 1. The number of anilines is 2. The van der Waals surface area contributed by atoms with Crippen molar-refractivity contribution in [3.63, 3.8) is 0 Å². The first-order valence-electron chi connectivity index (χ1n) is 13.7. The van der Waals surface area contributed by atoms with Crippen molar-refractivity contribution in [2.45, 2.75) is 71.3 Å². The van der Waals surface area contributed by atoms with Crippen molar-refractivity contribution in [1.29, 1.82) is 0 Å². The molecule has 3 aromatic carbocycles. The minimum absolute atomic E-state index is 0.184. The molecule has 0 spiro atoms. The molecule has 0 N–H and O–H groups in total. The summed E-state index contributed by atoms with van der Waals surface area (Å²) < 4.78 is 2.38. The van der Waals surface area contributed by atoms with Gasteiger partial charge < -0.3 is 4.57 Å². The highest BCUT2D eigenvalue weighted by Crippen LogP contribution is 2.28. The van der Waals surface area contributed by atoms with E-state index in [2.05, 4.69) is 48.0 Å². The van der Waals surface area contributed by atoms with Crippen LogP contribution in [0.15, 0.2) is 97.2 Å². The Morgan fingerprint density at radius 2 is 1.33 bits per heavy atom. The van der Waals surface area contributed by atoms with Crippen LogP contribution in [0.4, 0.5) is 11.4 Å². The zero-order chi connectivity index (χ0) is 25.0. The minimum Gasteiger partial charge on any atom is -0.347 e. The third-order valence-electron chi connectivity index (χ3n) is 7.31. The maximum atomic E-state index is 13.3. The van der Waals surface area contributed by atoms with E-state index in [-0.39, 0.29) is 5.91 Å². The van der Waals surface area contributed by atoms with E-state index in [1.54, 1.807) is 0 Å². The molecular formula is C33H40N2O. The molecule has 1 atom stereocenters. The summed E-state index contributed by atoms with van der Waals surface area (Å²) >= 11 is 0. The van der Waals surface area contributed by atoms with Gasteiger partial charge >= 0.3 is 0 Å². The number of fused-ring (bicyclic) bond motifs is 1. The van der Waals surface area contributed by atoms with Gasteiger partial charge in [-0.3, -0.25) is 9.69 Å². The average Bonchev–Trinajstić information content (AvgIpc) is 3.34. The van der Waals surface area contributed by atoms with Crippen LogP contribution in [0, 0.1) is 5.92 Å². The molecule has 0 fully saturated rings. The van der Waals surface area contributed by atoms with E-state index in [1.807, 2.05) is 65.6 Å². The van der Waals surface area contributed by atoms with Crippen molar-refractivity contribution >= 4 is 28.2 Å². The summed E-state index contributed by atoms with van der Waals surface area (Å²) in [6.07, 6.45) is 12.5. The quantitative estimate of drug-likeness (QED) is 0.165. The van der Waals surface area contributed by atoms with Gasteiger partial charge in [0.15, 0.2) is 0 Å². The van der Waals surface area contributed by atoms with Gasteiger partial charge in [-0.1, -0.05) is 100 Å². The van der Waals surface area contributed by atoms with Gasteiger partial charge in [0.25, 0.3) is 0 Å². The minimum atomic E-state index is 0.184. The summed E-state index contributed by atoms with van der Waals surface area (Å²) in [6, 6.07) is 30.9. The highest BCUT2D eigenvalue weighted by molar-refractivity contribution is 6.00. The van der Waals surface area contributed by atoms with E-state index < -0.39 is 0 Å². The Bertz CT molecular complexity index is 1140. The Morgan fingerprint density at radius 1 is 0.722 bits per heavy atom. The second-order valence-electron chi connectivity index (χ2n) is 9.84. The highest BCUT2D eigenvalue weighted by Gasteiger charge is 2.19. The Hall–Kier alpha value is -3.33. The molecular weight excluding hydrogens is 440 g/mol. The molecule has 188 valence electrons. The molecule has 1 amide bonds. The van der Waals surface area contributed by atoms with Crippen LogP contribution < -0.4 is 4.90 Å². The summed E-state index contributed by atoms with van der Waals surface area (Å²) in [5, 5.41) is 1.33. The summed E-state index contributed by atoms with van der Waals surface area (Å²) in [6.45, 7) is 3.37. The number of para-hydroxylation sites is 3. The molecule has 4 rings (SSSR count). The van der Waals surface area contributed by atoms with Crippen LogP contribution >= 0.6 is 0 Å². The molecule has 3 heteroatoms. The zero-order valence-corrected chi connectivity index (χ0v) is 21.7. The third kappa shape index (κ3) is 7.10. The van der Waals surface area contributed by atoms with Gasteiger partial charge in [-0.25, -0.2) is 0 Å². The Balaban J connectivity index is 1.17. The SMILES string of the molecule is CC[C@H](CCCCCCCn1ccc2ccccc21)CCC(=O)N(c1ccccc1)c1ccccc1. The predicted molar refractivity (Wildman–Crippen MR) is 153 cm³/mol. The second kappa shape index (κ2) is 13.7. The van der Waals surface area contributed by atoms with Gasteiger partial charge in [0, 0.05) is 36.1 Å². The van der Waals surface area contributed by atoms with Crippen molar-refractivity contribution in [2.24, 2.45) is 5.92 Å². The van der Waals surface area contributed by atoms with Crippen LogP contribution in [0.25, 0.3) is 10.9 Å². The van der Waals surface area contributed by atoms with Crippen molar-refractivity contribution in [3.05, 3.63) is 97.2 Å². The standard InChI is InChI=1S/C33H40N2O/c1-2-28(16-8-4-3-5-15-26-34-27-25-29-17-13-14-22-32(29)34)23-24-33(36)35(30-18-9-6-10-19-30)31-20-11-7-12-21-31/h6-7,9-14,17-22,25,27-28H,2-5,8,15-16,23-24,26H2,1H3/t28-/m1/s1. The van der Waals surface area contributed by atoms with Crippen LogP contribution in [-0.4, -0.2) is 10.5 Å². The Morgan fingerprint density at radius 3 is 2.03 bits per heavy atom. The maximum Gasteiger partial charge on any atom is 0.231 e. The fraction of sp³-hybridized carbons (Fsp3) is 0.364. The predicted octanol–water partition coefficient (Wildman–Crippen LogP) is 9.15. The van der Waals surface area contributed by atoms with E-state index in [0.717, 1.165) is 30.8 Å². The number of unbranched alkanes of at least 4 members (excludes halogenated alkanes) is 4. The lowest BCUT2D eigenvalue weighted by atomic mass is 9.93. The summed E-state index contributed by atoms with van der Waals surface area (Å²) in [4.78, 5) is 15.2. The molecule has 36 heavy (non-hydrogen) atoms. The molecule has 3 nitrogen and oxygen atoms in total. The number of aryl methyl sites for hydroxylation is 1. The Kier molecular flexibility index (Phi) is 9.78. The van der Waals surface area contributed by atoms with E-state index >= 15 is 0 Å². The molecule has 0 aliphatic carbocycles. The van der Waals surface area contributed by atoms with E-state index in [9.17, 15) is 4.79 Å². The van der Waals surface area contributed by atoms with Crippen molar-refractivity contribution in [1.82, 2.24) is 4.57 Å². The van der Waals surface area contributed by atoms with Gasteiger partial charge in [-0.15, -0.1) is 0 Å². The normalized spacial score (nSPS) is 12.0. The number of carbonyl (C=O) groups is 1. The third-order valence-corrected chi connectivity index (χ3v) is 7.31. The number of rotatable bonds is 14. The molecule has 0 aliphatic heterocycles. The van der Waals surface area contributed by atoms with Crippen molar-refractivity contribution in [2.75, 3.05) is 4.90 Å². The van der Waals surface area contributed by atoms with Crippen LogP contribution in [0.1, 0.15) is 64.7 Å². The van der Waals surface area contributed by atoms with Gasteiger partial charge in [-0.2, -0.15) is 0 Å². The average molecular weight is 481 g/mol. The molecule has 0 saturated heterocycles. The largest absolute Gasteiger partial charge is 0.347 e. The van der Waals surface area contributed by atoms with Crippen LogP contribution in [0.2, 0.25) is 0 Å². The number of nitrogens with zero attached hydrogens (tertiary/aromatic N) is 2. The lowest BCUT2D eigenvalue weighted by molar-refractivity contribution is -0.118. The number of benzene rings is 3. The second-order valence-corrected chi connectivity index (χ2v) is 9.84. The fourth-order valence-electron chi connectivity index (χ4n) is 5.16. The van der Waals surface area contributed by atoms with E-state index in [4.69, 9.17) is 0 Å². The summed E-state index contributed by atoms with van der Waals surface area (Å²) in [5.41, 5.74) is 3.22. The lowest BCUT2D eigenvalue weighted by Gasteiger charge is -2.24. The topological polar surface area (TPSA) is 25.2 Å². The molecule has 0 bridgehead atoms. The summed E-state index contributed by atoms with van der Waals surface area (Å²) in [5.74, 6) is 0.803. The molecule has 0 radical (unpaired) electrons. The van der Waals surface area contributed by atoms with Gasteiger partial charge in [0.2, 0.25) is 5.91 Å². The number of carbonyl (C=O) groups excluding carboxylic acids is 1. The van der Waals surface area contributed by atoms with Crippen LogP contribution in [0.5, 0.6) is 0 Å². The molecule has 4 aromatic rings. The molecule has 1 aromatic heterocycles. The van der Waals surface area contributed by atoms with Crippen molar-refractivity contribution in [3.8, 4) is 0 Å². The van der Waals surface area contributed by atoms with Crippen LogP contribution in [0.3, 0.4) is 0 Å². The maximum absolute atomic E-state index is 13.3. The number of hydrogen-bond donors (Lipinski definition) is 0. The molecule has 0 unspecified atom stereocenters. The first kappa shape index (κ1) is 25.8. The monoisotopic (exact) mass is 480 g/mol. The first-order valence-corrected chi connectivity index (χ1v) is 13.7. The Labute approximate surface area is 216 Å². The molecule has 0 saturated carbocycles. The molecule has 0 aliphatic rings. The number of aromatic nitrogens is 1. The number of hydrogen-bond acceptors (Lipinski definition) is 1. The van der Waals surface area contributed by atoms with Gasteiger partial charge in [-0.05, 0) is 60.5 Å². The zero-order valence-electron chi connectivity index (χ0n) is 21.7. The van der Waals surface area contributed by atoms with E-state index in [0.29, 0.717) is 12.3 Å². The fourth-order valence-corrected chi connectivity index (χ4v) is 5.16. The van der Waals surface area contributed by atoms with Gasteiger partial charge in [0.05, 0.1) is 0 Å². The van der Waals surface area contributed by atoms with Gasteiger partial charge in [0.1, 0.15) is 0 Å². The summed E-state index contributed by atoms with van der Waals surface area (Å²) in [7, 11) is 0. The lowest BCUT2D eigenvalue weighted by Crippen LogP contribution is -2.26. The van der Waals surface area contributed by atoms with E-state index in [1.165, 1.54) is 49.4 Å². The van der Waals surface area contributed by atoms with Crippen molar-refractivity contribution < 1.29 is 4.79 Å². The first-order chi connectivity index (χ1) is 17.8. The molecule has 1 heterocycles. The highest BCUT2D eigenvalue weighted by atomic mass is 16.2.